The molecular formula is C31H40O7. The van der Waals surface area contributed by atoms with Gasteiger partial charge in [0.25, 0.3) is 0 Å². The van der Waals surface area contributed by atoms with Crippen molar-refractivity contribution < 1.29 is 33.3 Å². The van der Waals surface area contributed by atoms with Crippen LogP contribution in [0.2, 0.25) is 0 Å². The zero-order valence-corrected chi connectivity index (χ0v) is 24.4. The number of ketones is 1. The molecule has 0 radical (unpaired) electrons. The van der Waals surface area contributed by atoms with Crippen molar-refractivity contribution in [1.29, 1.82) is 0 Å². The highest BCUT2D eigenvalue weighted by Gasteiger charge is 2.28. The second-order valence-corrected chi connectivity index (χ2v) is 11.6. The van der Waals surface area contributed by atoms with Crippen LogP contribution in [-0.2, 0) is 14.3 Å². The molecule has 206 valence electrons. The first-order valence-electron chi connectivity index (χ1n) is 12.6. The van der Waals surface area contributed by atoms with Gasteiger partial charge in [-0.2, -0.15) is 0 Å². The van der Waals surface area contributed by atoms with Gasteiger partial charge in [-0.1, -0.05) is 0 Å². The van der Waals surface area contributed by atoms with Crippen molar-refractivity contribution in [2.24, 2.45) is 10.8 Å². The number of hydrogen-bond acceptors (Lipinski definition) is 7. The summed E-state index contributed by atoms with van der Waals surface area (Å²) in [6, 6.07) is 8.13. The van der Waals surface area contributed by atoms with E-state index in [1.54, 1.807) is 71.9 Å². The van der Waals surface area contributed by atoms with E-state index < -0.39 is 22.6 Å². The quantitative estimate of drug-likeness (QED) is 0.122. The van der Waals surface area contributed by atoms with E-state index in [-0.39, 0.29) is 17.8 Å². The molecule has 0 N–H and O–H groups in total. The predicted molar refractivity (Wildman–Crippen MR) is 148 cm³/mol. The third kappa shape index (κ3) is 7.70. The molecule has 0 fully saturated rings. The highest BCUT2D eigenvalue weighted by Crippen LogP contribution is 2.39. The number of hydrogen-bond donors (Lipinski definition) is 0. The molecule has 7 nitrogen and oxygen atoms in total. The van der Waals surface area contributed by atoms with Gasteiger partial charge in [0.2, 0.25) is 5.78 Å². The fourth-order valence-corrected chi connectivity index (χ4v) is 3.31. The summed E-state index contributed by atoms with van der Waals surface area (Å²) in [6.07, 6.45) is 1.37. The summed E-state index contributed by atoms with van der Waals surface area (Å²) >= 11 is 0. The molecule has 0 bridgehead atoms. The summed E-state index contributed by atoms with van der Waals surface area (Å²) < 4.78 is 22.8. The Balaban J connectivity index is 2.58. The van der Waals surface area contributed by atoms with Crippen molar-refractivity contribution in [3.63, 3.8) is 0 Å². The summed E-state index contributed by atoms with van der Waals surface area (Å²) in [5.74, 6) is -0.0333. The molecule has 38 heavy (non-hydrogen) atoms. The second kappa shape index (κ2) is 11.8. The van der Waals surface area contributed by atoms with Crippen LogP contribution in [0.3, 0.4) is 0 Å². The van der Waals surface area contributed by atoms with Gasteiger partial charge in [-0.15, -0.1) is 0 Å². The molecule has 0 saturated carbocycles. The lowest BCUT2D eigenvalue weighted by Gasteiger charge is -2.23. The van der Waals surface area contributed by atoms with E-state index in [0.717, 1.165) is 11.1 Å². The summed E-state index contributed by atoms with van der Waals surface area (Å²) in [5, 5.41) is 0. The average Bonchev–Trinajstić information content (AvgIpc) is 2.80. The maximum atomic E-state index is 13.4. The Labute approximate surface area is 226 Å². The number of methoxy groups -OCH3 is 1. The maximum absolute atomic E-state index is 13.4. The number of rotatable bonds is 8. The van der Waals surface area contributed by atoms with Crippen LogP contribution in [0.4, 0.5) is 0 Å². The average molecular weight is 525 g/mol. The smallest absolute Gasteiger partial charge is 0.316 e. The lowest BCUT2D eigenvalue weighted by molar-refractivity contribution is -0.143. The number of ether oxygens (including phenoxy) is 4. The first kappa shape index (κ1) is 30.6. The molecule has 0 unspecified atom stereocenters. The molecular weight excluding hydrogens is 484 g/mol. The standard InChI is InChI=1S/C31H40O7/c1-18(2)36-26-19(3)16-20(4)27(38-29(34)31(8,9)10)23(26)17-24(35-11)25(32)21-12-14-22(15-13-21)37-28(33)30(5,6)7/h12-18H,1-11H3. The molecule has 0 atom stereocenters. The molecule has 2 rings (SSSR count). The molecule has 2 aromatic rings. The molecule has 0 aliphatic rings. The van der Waals surface area contributed by atoms with E-state index in [4.69, 9.17) is 18.9 Å². The number of aryl methyl sites for hydroxylation is 2. The largest absolute Gasteiger partial charge is 0.493 e. The zero-order valence-electron chi connectivity index (χ0n) is 24.4. The van der Waals surface area contributed by atoms with E-state index in [2.05, 4.69) is 0 Å². The van der Waals surface area contributed by atoms with Crippen molar-refractivity contribution in [1.82, 2.24) is 0 Å². The topological polar surface area (TPSA) is 88.1 Å². The lowest BCUT2D eigenvalue weighted by Crippen LogP contribution is -2.26. The van der Waals surface area contributed by atoms with Crippen molar-refractivity contribution in [3.8, 4) is 17.2 Å². The molecule has 0 heterocycles. The molecule has 0 aliphatic heterocycles. The van der Waals surface area contributed by atoms with Gasteiger partial charge in [0.1, 0.15) is 17.2 Å². The second-order valence-electron chi connectivity index (χ2n) is 11.6. The Morgan fingerprint density at radius 3 is 1.76 bits per heavy atom. The summed E-state index contributed by atoms with van der Waals surface area (Å²) in [7, 11) is 1.40. The maximum Gasteiger partial charge on any atom is 0.316 e. The number of esters is 2. The Bertz CT molecular complexity index is 1220. The third-order valence-corrected chi connectivity index (χ3v) is 5.46. The number of benzene rings is 2. The predicted octanol–water partition coefficient (Wildman–Crippen LogP) is 6.86. The minimum atomic E-state index is -0.741. The van der Waals surface area contributed by atoms with Crippen LogP contribution in [0.1, 0.15) is 82.4 Å². The van der Waals surface area contributed by atoms with Gasteiger partial charge in [0.05, 0.1) is 29.6 Å². The fourth-order valence-electron chi connectivity index (χ4n) is 3.31. The molecule has 0 aliphatic carbocycles. The van der Waals surface area contributed by atoms with Gasteiger partial charge in [-0.05, 0) is 117 Å². The minimum Gasteiger partial charge on any atom is -0.493 e. The van der Waals surface area contributed by atoms with Gasteiger partial charge in [0, 0.05) is 5.56 Å². The molecule has 0 aromatic heterocycles. The van der Waals surface area contributed by atoms with Crippen LogP contribution in [0, 0.1) is 24.7 Å². The van der Waals surface area contributed by atoms with E-state index in [1.807, 2.05) is 33.8 Å². The van der Waals surface area contributed by atoms with Crippen molar-refractivity contribution in [2.75, 3.05) is 7.11 Å². The zero-order chi connectivity index (χ0) is 29.0. The van der Waals surface area contributed by atoms with E-state index in [9.17, 15) is 14.4 Å². The van der Waals surface area contributed by atoms with Gasteiger partial charge in [-0.25, -0.2) is 0 Å². The van der Waals surface area contributed by atoms with Crippen molar-refractivity contribution >= 4 is 23.8 Å². The SMILES string of the molecule is COC(=Cc1c(OC(=O)C(C)(C)C)c(C)cc(C)c1OC(C)C)C(=O)c1ccc(OC(=O)C(C)(C)C)cc1. The molecule has 0 amide bonds. The van der Waals surface area contributed by atoms with E-state index in [1.165, 1.54) is 7.11 Å². The first-order chi connectivity index (χ1) is 17.4. The Morgan fingerprint density at radius 1 is 0.789 bits per heavy atom. The number of allylic oxidation sites excluding steroid dienone is 1. The number of carbonyl (C=O) groups is 3. The number of carbonyl (C=O) groups excluding carboxylic acids is 3. The van der Waals surface area contributed by atoms with Crippen molar-refractivity contribution in [3.05, 3.63) is 58.3 Å². The Morgan fingerprint density at radius 2 is 1.29 bits per heavy atom. The summed E-state index contributed by atoms with van der Waals surface area (Å²) in [5.41, 5.74) is 0.917. The van der Waals surface area contributed by atoms with E-state index >= 15 is 0 Å². The van der Waals surface area contributed by atoms with Gasteiger partial charge in [-0.3, -0.25) is 14.4 Å². The highest BCUT2D eigenvalue weighted by atomic mass is 16.5. The Kier molecular flexibility index (Phi) is 9.54. The fraction of sp³-hybridized carbons (Fsp3) is 0.452. The van der Waals surface area contributed by atoms with Gasteiger partial charge in [0.15, 0.2) is 5.76 Å². The lowest BCUT2D eigenvalue weighted by atomic mass is 9.96. The van der Waals surface area contributed by atoms with Crippen molar-refractivity contribution in [2.45, 2.75) is 75.3 Å². The minimum absolute atomic E-state index is 0.0242. The monoisotopic (exact) mass is 524 g/mol. The molecule has 2 aromatic carbocycles. The molecule has 0 saturated heterocycles. The summed E-state index contributed by atoms with van der Waals surface area (Å²) in [6.45, 7) is 18.1. The van der Waals surface area contributed by atoms with Crippen LogP contribution in [-0.4, -0.2) is 30.9 Å². The number of Topliss-reactive ketones (excluding diaryl/α,β-unsaturated/α-hetero) is 1. The molecule has 0 spiro atoms. The van der Waals surface area contributed by atoms with Crippen LogP contribution < -0.4 is 14.2 Å². The Hall–Kier alpha value is -3.61. The van der Waals surface area contributed by atoms with Crippen LogP contribution in [0.25, 0.3) is 6.08 Å². The van der Waals surface area contributed by atoms with Gasteiger partial charge >= 0.3 is 11.9 Å². The van der Waals surface area contributed by atoms with E-state index in [0.29, 0.717) is 28.4 Å². The molecule has 7 heteroatoms. The van der Waals surface area contributed by atoms with Gasteiger partial charge < -0.3 is 18.9 Å². The highest BCUT2D eigenvalue weighted by molar-refractivity contribution is 6.10. The normalized spacial score (nSPS) is 12.3. The first-order valence-corrected chi connectivity index (χ1v) is 12.6. The van der Waals surface area contributed by atoms with Crippen LogP contribution in [0.15, 0.2) is 36.1 Å². The van der Waals surface area contributed by atoms with Crippen LogP contribution >= 0.6 is 0 Å². The van der Waals surface area contributed by atoms with Crippen LogP contribution in [0.5, 0.6) is 17.2 Å². The summed E-state index contributed by atoms with van der Waals surface area (Å²) in [4.78, 5) is 38.4. The third-order valence-electron chi connectivity index (χ3n) is 5.46.